The molecule has 0 radical (unpaired) electrons. The predicted octanol–water partition coefficient (Wildman–Crippen LogP) is 4.14. The molecule has 0 spiro atoms. The van der Waals surface area contributed by atoms with Crippen LogP contribution in [0.5, 0.6) is 0 Å². The molecule has 1 aliphatic rings. The molecule has 1 saturated heterocycles. The van der Waals surface area contributed by atoms with Crippen LogP contribution in [0, 0.1) is 0 Å². The molecule has 1 fully saturated rings. The summed E-state index contributed by atoms with van der Waals surface area (Å²) in [7, 11) is 0. The highest BCUT2D eigenvalue weighted by Crippen LogP contribution is 2.46. The topological polar surface area (TPSA) is 40.5 Å². The minimum atomic E-state index is -0.761. The molecule has 4 rings (SSSR count). The zero-order chi connectivity index (χ0) is 18.0. The van der Waals surface area contributed by atoms with E-state index in [1.807, 2.05) is 54.6 Å². The number of carboxylic acids is 1. The van der Waals surface area contributed by atoms with Crippen LogP contribution in [-0.4, -0.2) is 28.6 Å². The molecule has 1 N–H and O–H groups in total. The van der Waals surface area contributed by atoms with E-state index in [0.717, 1.165) is 23.2 Å². The van der Waals surface area contributed by atoms with Gasteiger partial charge in [-0.3, -0.25) is 9.69 Å². The fourth-order valence-corrected chi connectivity index (χ4v) is 4.08. The van der Waals surface area contributed by atoms with E-state index in [4.69, 9.17) is 0 Å². The summed E-state index contributed by atoms with van der Waals surface area (Å²) in [6, 6.07) is 30.2. The molecule has 0 saturated carbocycles. The number of carbonyl (C=O) groups is 1. The monoisotopic (exact) mass is 343 g/mol. The van der Waals surface area contributed by atoms with E-state index >= 15 is 0 Å². The fraction of sp³-hybridized carbons (Fsp3) is 0.174. The van der Waals surface area contributed by atoms with Crippen molar-refractivity contribution in [1.82, 2.24) is 4.90 Å². The summed E-state index contributed by atoms with van der Waals surface area (Å²) in [5, 5.41) is 9.77. The van der Waals surface area contributed by atoms with Gasteiger partial charge in [-0.25, -0.2) is 0 Å². The summed E-state index contributed by atoms with van der Waals surface area (Å²) < 4.78 is 0. The predicted molar refractivity (Wildman–Crippen MR) is 102 cm³/mol. The van der Waals surface area contributed by atoms with Crippen LogP contribution < -0.4 is 0 Å². The summed E-state index contributed by atoms with van der Waals surface area (Å²) >= 11 is 0. The molecular formula is C23H21NO2. The van der Waals surface area contributed by atoms with Crippen LogP contribution in [0.2, 0.25) is 0 Å². The fourth-order valence-electron chi connectivity index (χ4n) is 4.08. The first-order valence-corrected chi connectivity index (χ1v) is 8.90. The Kier molecular flexibility index (Phi) is 4.31. The first-order chi connectivity index (χ1) is 12.7. The Labute approximate surface area is 153 Å². The number of hydrogen-bond acceptors (Lipinski definition) is 2. The summed E-state index contributed by atoms with van der Waals surface area (Å²) in [5.41, 5.74) is 2.64. The highest BCUT2D eigenvalue weighted by atomic mass is 16.4. The van der Waals surface area contributed by atoms with Gasteiger partial charge in [0.05, 0.1) is 5.54 Å². The van der Waals surface area contributed by atoms with Gasteiger partial charge in [-0.2, -0.15) is 0 Å². The lowest BCUT2D eigenvalue weighted by Crippen LogP contribution is -2.62. The number of benzene rings is 3. The van der Waals surface area contributed by atoms with Gasteiger partial charge in [0, 0.05) is 6.54 Å². The molecule has 1 aliphatic heterocycles. The molecule has 3 heteroatoms. The molecule has 3 nitrogen and oxygen atoms in total. The second kappa shape index (κ2) is 6.77. The van der Waals surface area contributed by atoms with Crippen molar-refractivity contribution in [3.63, 3.8) is 0 Å². The second-order valence-corrected chi connectivity index (χ2v) is 6.64. The normalized spacial score (nSPS) is 17.5. The van der Waals surface area contributed by atoms with Crippen molar-refractivity contribution >= 4 is 5.97 Å². The van der Waals surface area contributed by atoms with E-state index in [1.54, 1.807) is 0 Å². The van der Waals surface area contributed by atoms with Gasteiger partial charge < -0.3 is 5.11 Å². The molecule has 26 heavy (non-hydrogen) atoms. The zero-order valence-corrected chi connectivity index (χ0v) is 14.5. The first-order valence-electron chi connectivity index (χ1n) is 8.90. The second-order valence-electron chi connectivity index (χ2n) is 6.64. The van der Waals surface area contributed by atoms with Gasteiger partial charge in [0.1, 0.15) is 6.04 Å². The average Bonchev–Trinajstić information content (AvgIpc) is 2.66. The van der Waals surface area contributed by atoms with E-state index in [1.165, 1.54) is 0 Å². The third-order valence-electron chi connectivity index (χ3n) is 5.31. The van der Waals surface area contributed by atoms with Crippen molar-refractivity contribution in [2.24, 2.45) is 0 Å². The van der Waals surface area contributed by atoms with Crippen molar-refractivity contribution in [3.8, 4) is 0 Å². The number of nitrogens with zero attached hydrogens (tertiary/aromatic N) is 1. The van der Waals surface area contributed by atoms with Crippen LogP contribution in [-0.2, 0) is 10.3 Å². The molecule has 1 atom stereocenters. The number of aliphatic carboxylic acids is 1. The number of carboxylic acid groups (broad SMARTS) is 1. The number of hydrogen-bond donors (Lipinski definition) is 1. The van der Waals surface area contributed by atoms with E-state index in [9.17, 15) is 9.90 Å². The molecule has 130 valence electrons. The van der Waals surface area contributed by atoms with Crippen molar-refractivity contribution in [2.45, 2.75) is 18.0 Å². The Morgan fingerprint density at radius 1 is 0.769 bits per heavy atom. The molecule has 1 unspecified atom stereocenters. The molecule has 3 aromatic carbocycles. The van der Waals surface area contributed by atoms with Crippen LogP contribution >= 0.6 is 0 Å². The van der Waals surface area contributed by atoms with Gasteiger partial charge >= 0.3 is 5.97 Å². The number of rotatable bonds is 5. The maximum Gasteiger partial charge on any atom is 0.321 e. The molecular weight excluding hydrogens is 322 g/mol. The van der Waals surface area contributed by atoms with Crippen molar-refractivity contribution in [3.05, 3.63) is 108 Å². The highest BCUT2D eigenvalue weighted by molar-refractivity contribution is 5.75. The van der Waals surface area contributed by atoms with Crippen LogP contribution in [0.3, 0.4) is 0 Å². The molecule has 0 amide bonds. The Morgan fingerprint density at radius 2 is 1.15 bits per heavy atom. The highest BCUT2D eigenvalue weighted by Gasteiger charge is 2.51. The van der Waals surface area contributed by atoms with Crippen LogP contribution in [0.15, 0.2) is 91.0 Å². The van der Waals surface area contributed by atoms with Gasteiger partial charge in [0.25, 0.3) is 0 Å². The van der Waals surface area contributed by atoms with E-state index < -0.39 is 17.6 Å². The van der Waals surface area contributed by atoms with E-state index in [2.05, 4.69) is 41.3 Å². The Hall–Kier alpha value is -2.91. The van der Waals surface area contributed by atoms with Crippen molar-refractivity contribution in [1.29, 1.82) is 0 Å². The molecule has 0 aromatic heterocycles. The minimum Gasteiger partial charge on any atom is -0.480 e. The Bertz CT molecular complexity index is 781. The Morgan fingerprint density at radius 3 is 1.42 bits per heavy atom. The summed E-state index contributed by atoms with van der Waals surface area (Å²) in [5.74, 6) is -0.761. The van der Waals surface area contributed by atoms with Gasteiger partial charge in [0.15, 0.2) is 0 Å². The lowest BCUT2D eigenvalue weighted by Gasteiger charge is -2.53. The molecule has 1 heterocycles. The van der Waals surface area contributed by atoms with Gasteiger partial charge in [-0.1, -0.05) is 91.0 Å². The van der Waals surface area contributed by atoms with Gasteiger partial charge in [-0.05, 0) is 23.1 Å². The van der Waals surface area contributed by atoms with Crippen LogP contribution in [0.1, 0.15) is 23.1 Å². The third-order valence-corrected chi connectivity index (χ3v) is 5.31. The standard InChI is InChI=1S/C23H21NO2/c25-22(26)21-16-17-24(21)23(18-10-4-1-5-11-18,19-12-6-2-7-13-19)20-14-8-3-9-15-20/h1-15,21H,16-17H2,(H,25,26). The quantitative estimate of drug-likeness (QED) is 0.708. The molecule has 0 aliphatic carbocycles. The number of likely N-dealkylation sites (tertiary alicyclic amines) is 1. The van der Waals surface area contributed by atoms with E-state index in [0.29, 0.717) is 6.42 Å². The van der Waals surface area contributed by atoms with Gasteiger partial charge in [0.2, 0.25) is 0 Å². The average molecular weight is 343 g/mol. The van der Waals surface area contributed by atoms with Crippen LogP contribution in [0.25, 0.3) is 0 Å². The minimum absolute atomic E-state index is 0.490. The smallest absolute Gasteiger partial charge is 0.321 e. The largest absolute Gasteiger partial charge is 0.480 e. The first kappa shape index (κ1) is 16.6. The van der Waals surface area contributed by atoms with E-state index in [-0.39, 0.29) is 0 Å². The van der Waals surface area contributed by atoms with Crippen molar-refractivity contribution < 1.29 is 9.90 Å². The summed E-state index contributed by atoms with van der Waals surface area (Å²) in [6.45, 7) is 0.746. The lowest BCUT2D eigenvalue weighted by molar-refractivity contribution is -0.151. The Balaban J connectivity index is 2.03. The maximum atomic E-state index is 11.9. The lowest BCUT2D eigenvalue weighted by atomic mass is 9.72. The zero-order valence-electron chi connectivity index (χ0n) is 14.5. The molecule has 0 bridgehead atoms. The molecule has 3 aromatic rings. The SMILES string of the molecule is O=C(O)C1CCN1C(c1ccccc1)(c1ccccc1)c1ccccc1. The third kappa shape index (κ3) is 2.52. The summed E-state index contributed by atoms with van der Waals surface area (Å²) in [6.07, 6.45) is 0.670. The summed E-state index contributed by atoms with van der Waals surface area (Å²) in [4.78, 5) is 14.0. The maximum absolute atomic E-state index is 11.9. The van der Waals surface area contributed by atoms with Crippen LogP contribution in [0.4, 0.5) is 0 Å². The van der Waals surface area contributed by atoms with Crippen molar-refractivity contribution in [2.75, 3.05) is 6.54 Å². The van der Waals surface area contributed by atoms with Gasteiger partial charge in [-0.15, -0.1) is 0 Å².